The van der Waals surface area contributed by atoms with E-state index in [2.05, 4.69) is 34.8 Å². The maximum absolute atomic E-state index is 14.2. The Morgan fingerprint density at radius 1 is 0.725 bits per heavy atom. The van der Waals surface area contributed by atoms with Gasteiger partial charge in [0.2, 0.25) is 0 Å². The molecule has 3 aromatic heterocycles. The van der Waals surface area contributed by atoms with Gasteiger partial charge in [-0.2, -0.15) is 9.78 Å². The molecule has 12 nitrogen and oxygen atoms in total. The number of aryl methyl sites for hydroxylation is 2. The van der Waals surface area contributed by atoms with Crippen LogP contribution in [0.5, 0.6) is 0 Å². The molecule has 0 saturated carbocycles. The molecule has 0 aliphatic heterocycles. The van der Waals surface area contributed by atoms with E-state index in [1.54, 1.807) is 68.1 Å². The number of hydrogen-bond acceptors (Lipinski definition) is 7. The van der Waals surface area contributed by atoms with Crippen LogP contribution in [0.1, 0.15) is 49.4 Å². The van der Waals surface area contributed by atoms with Gasteiger partial charge in [0.15, 0.2) is 0 Å². The number of fused-ring (bicyclic) bond motifs is 4. The van der Waals surface area contributed by atoms with Crippen LogP contribution in [0.25, 0.3) is 38.4 Å². The Kier molecular flexibility index (Phi) is 17.1. The third kappa shape index (κ3) is 11.0. The fraction of sp³-hybridized carbons (Fsp3) is 0.182. The monoisotopic (exact) mass is 930 g/mol. The van der Waals surface area contributed by atoms with Crippen molar-refractivity contribution in [3.8, 4) is 5.69 Å². The SMILES string of the molecule is CC.CCN(C(=O)C(=N)c1c(C(=O)Nc2ccccc2)n(C)c2ccccc12)c1cccc(F)c1.CCNc1ccccc1.COCc1nn(-c2ccccc2F)c(=O)c2c1c1ccccc1n2C. The summed E-state index contributed by atoms with van der Waals surface area (Å²) in [5, 5.41) is 21.6. The molecular formula is C55H56F2N8O4. The highest BCUT2D eigenvalue weighted by Crippen LogP contribution is 2.30. The Morgan fingerprint density at radius 2 is 1.30 bits per heavy atom. The predicted molar refractivity (Wildman–Crippen MR) is 275 cm³/mol. The maximum atomic E-state index is 14.2. The van der Waals surface area contributed by atoms with Gasteiger partial charge in [-0.05, 0) is 80.6 Å². The molecule has 0 aliphatic carbocycles. The van der Waals surface area contributed by atoms with E-state index in [1.807, 2.05) is 98.3 Å². The Labute approximate surface area is 399 Å². The zero-order valence-corrected chi connectivity index (χ0v) is 39.8. The van der Waals surface area contributed by atoms with Crippen molar-refractivity contribution < 1.29 is 23.1 Å². The summed E-state index contributed by atoms with van der Waals surface area (Å²) in [6.45, 7) is 9.29. The number of nitrogens with zero attached hydrogens (tertiary/aromatic N) is 5. The van der Waals surface area contributed by atoms with E-state index in [1.165, 1.54) is 40.9 Å². The second kappa shape index (κ2) is 23.5. The average molecular weight is 931 g/mol. The van der Waals surface area contributed by atoms with Gasteiger partial charge in [0.1, 0.15) is 34.2 Å². The van der Waals surface area contributed by atoms with Crippen molar-refractivity contribution >= 4 is 67.3 Å². The van der Waals surface area contributed by atoms with Gasteiger partial charge in [-0.1, -0.05) is 105 Å². The molecule has 354 valence electrons. The number of aromatic nitrogens is 4. The van der Waals surface area contributed by atoms with Gasteiger partial charge < -0.3 is 29.4 Å². The van der Waals surface area contributed by atoms with Gasteiger partial charge >= 0.3 is 0 Å². The summed E-state index contributed by atoms with van der Waals surface area (Å²) < 4.78 is 37.9. The zero-order chi connectivity index (χ0) is 49.6. The number of halogens is 2. The molecule has 0 spiro atoms. The number of nitrogens with one attached hydrogen (secondary N) is 3. The molecule has 0 fully saturated rings. The summed E-state index contributed by atoms with van der Waals surface area (Å²) in [5.41, 5.74) is 4.72. The van der Waals surface area contributed by atoms with Gasteiger partial charge in [0.25, 0.3) is 17.4 Å². The minimum atomic E-state index is -0.617. The van der Waals surface area contributed by atoms with E-state index < -0.39 is 23.4 Å². The van der Waals surface area contributed by atoms with Gasteiger partial charge in [-0.25, -0.2) is 8.78 Å². The predicted octanol–water partition coefficient (Wildman–Crippen LogP) is 11.3. The Morgan fingerprint density at radius 3 is 1.91 bits per heavy atom. The number of benzene rings is 6. The van der Waals surface area contributed by atoms with Crippen LogP contribution in [0.3, 0.4) is 0 Å². The van der Waals surface area contributed by atoms with Gasteiger partial charge in [-0.3, -0.25) is 19.8 Å². The lowest BCUT2D eigenvalue weighted by Gasteiger charge is -2.22. The van der Waals surface area contributed by atoms with Crippen molar-refractivity contribution in [1.82, 2.24) is 18.9 Å². The number of hydrogen-bond donors (Lipinski definition) is 3. The van der Waals surface area contributed by atoms with E-state index in [0.717, 1.165) is 33.0 Å². The van der Waals surface area contributed by atoms with Crippen molar-refractivity contribution in [2.24, 2.45) is 14.1 Å². The summed E-state index contributed by atoms with van der Waals surface area (Å²) in [4.78, 5) is 41.1. The summed E-state index contributed by atoms with van der Waals surface area (Å²) >= 11 is 0. The quantitative estimate of drug-likeness (QED) is 0.110. The number of likely N-dealkylation sites (N-methyl/N-ethyl adjacent to an activating group) is 1. The van der Waals surface area contributed by atoms with Crippen LogP contribution in [0, 0.1) is 17.0 Å². The Balaban J connectivity index is 0.000000190. The van der Waals surface area contributed by atoms with Crippen LogP contribution >= 0.6 is 0 Å². The molecule has 6 aromatic carbocycles. The molecule has 0 atom stereocenters. The fourth-order valence-corrected chi connectivity index (χ4v) is 7.99. The summed E-state index contributed by atoms with van der Waals surface area (Å²) in [5.74, 6) is -2.02. The highest BCUT2D eigenvalue weighted by atomic mass is 19.1. The molecule has 0 saturated heterocycles. The van der Waals surface area contributed by atoms with E-state index in [9.17, 15) is 23.2 Å². The van der Waals surface area contributed by atoms with Crippen molar-refractivity contribution in [2.75, 3.05) is 35.7 Å². The molecule has 14 heteroatoms. The number of rotatable bonds is 11. The lowest BCUT2D eigenvalue weighted by molar-refractivity contribution is -0.112. The minimum Gasteiger partial charge on any atom is -0.385 e. The number of para-hydroxylation sites is 5. The molecule has 0 unspecified atom stereocenters. The van der Waals surface area contributed by atoms with Gasteiger partial charge in [0.05, 0.1) is 12.3 Å². The zero-order valence-electron chi connectivity index (χ0n) is 39.8. The van der Waals surface area contributed by atoms with Gasteiger partial charge in [0, 0.05) is 84.1 Å². The Hall–Kier alpha value is -8.23. The lowest BCUT2D eigenvalue weighted by atomic mass is 10.0. The van der Waals surface area contributed by atoms with Crippen molar-refractivity contribution in [1.29, 1.82) is 5.41 Å². The molecular weight excluding hydrogens is 875 g/mol. The van der Waals surface area contributed by atoms with Crippen LogP contribution < -0.4 is 21.1 Å². The molecule has 2 amide bonds. The molecule has 0 radical (unpaired) electrons. The number of ether oxygens (including phenoxy) is 1. The third-order valence-corrected chi connectivity index (χ3v) is 11.0. The molecule has 69 heavy (non-hydrogen) atoms. The smallest absolute Gasteiger partial charge is 0.296 e. The first-order valence-electron chi connectivity index (χ1n) is 22.6. The third-order valence-electron chi connectivity index (χ3n) is 11.0. The number of anilines is 3. The standard InChI is InChI=1S/C26H23FN4O2.C19H16FN3O2.C8H11N.C2H6/c1-3-31(19-13-9-10-17(27)16-19)26(33)23(28)22-20-14-7-8-15-21(20)30(2)24(22)25(32)29-18-11-5-4-6-12-18;1-22-15-9-5-3-7-12(15)17-14(11-25-2)21-23(19(24)18(17)22)16-10-6-4-8-13(16)20;1-2-9-8-6-4-3-5-7-8;1-2/h4-16,28H,3H2,1-2H3,(H,29,32);3-10H,11H2,1-2H3;3-7,9H,2H2,1H3;1-2H3. The van der Waals surface area contributed by atoms with Crippen LogP contribution in [0.4, 0.5) is 25.8 Å². The molecule has 9 aromatic rings. The second-order valence-electron chi connectivity index (χ2n) is 15.3. The van der Waals surface area contributed by atoms with E-state index in [0.29, 0.717) is 28.0 Å². The summed E-state index contributed by atoms with van der Waals surface area (Å²) in [6.07, 6.45) is 0. The second-order valence-corrected chi connectivity index (χ2v) is 15.3. The molecule has 0 bridgehead atoms. The highest BCUT2D eigenvalue weighted by molar-refractivity contribution is 6.51. The van der Waals surface area contributed by atoms with E-state index in [4.69, 9.17) is 10.1 Å². The van der Waals surface area contributed by atoms with Crippen LogP contribution in [-0.4, -0.2) is 56.6 Å². The average Bonchev–Trinajstić information content (AvgIpc) is 3.85. The highest BCUT2D eigenvalue weighted by Gasteiger charge is 2.30. The largest absolute Gasteiger partial charge is 0.385 e. The fourth-order valence-electron chi connectivity index (χ4n) is 7.99. The molecule has 3 heterocycles. The van der Waals surface area contributed by atoms with Crippen molar-refractivity contribution in [3.63, 3.8) is 0 Å². The first-order chi connectivity index (χ1) is 33.5. The minimum absolute atomic E-state index is 0.122. The number of methoxy groups -OCH3 is 1. The number of carbonyl (C=O) groups excluding carboxylic acids is 2. The summed E-state index contributed by atoms with van der Waals surface area (Å²) in [7, 11) is 5.12. The topological polar surface area (TPSA) is 139 Å². The molecule has 0 aliphatic rings. The van der Waals surface area contributed by atoms with E-state index >= 15 is 0 Å². The molecule has 9 rings (SSSR count). The van der Waals surface area contributed by atoms with Gasteiger partial charge in [-0.15, -0.1) is 0 Å². The maximum Gasteiger partial charge on any atom is 0.296 e. The van der Waals surface area contributed by atoms with Crippen molar-refractivity contribution in [2.45, 2.75) is 34.3 Å². The first-order valence-corrected chi connectivity index (χ1v) is 22.6. The summed E-state index contributed by atoms with van der Waals surface area (Å²) in [6, 6.07) is 45.9. The normalized spacial score (nSPS) is 10.6. The van der Waals surface area contributed by atoms with Crippen molar-refractivity contribution in [3.05, 3.63) is 197 Å². The Bertz CT molecular complexity index is 3270. The van der Waals surface area contributed by atoms with E-state index in [-0.39, 0.29) is 41.4 Å². The number of carbonyl (C=O) groups is 2. The molecule has 3 N–H and O–H groups in total. The lowest BCUT2D eigenvalue weighted by Crippen LogP contribution is -2.37. The van der Waals surface area contributed by atoms with Crippen LogP contribution in [0.2, 0.25) is 0 Å². The first kappa shape index (κ1) is 50.2. The van der Waals surface area contributed by atoms with Crippen LogP contribution in [0.15, 0.2) is 163 Å². The number of amides is 2. The van der Waals surface area contributed by atoms with Crippen LogP contribution in [-0.2, 0) is 30.2 Å².